The molecule has 6 rings (SSSR count). The summed E-state index contributed by atoms with van der Waals surface area (Å²) in [4.78, 5) is 14.3. The number of carbonyl (C=O) groups is 1. The number of carbonyl (C=O) groups excluding carboxylic acids is 1. The summed E-state index contributed by atoms with van der Waals surface area (Å²) in [7, 11) is 5.29. The fourth-order valence-electron chi connectivity index (χ4n) is 4.87. The van der Waals surface area contributed by atoms with Gasteiger partial charge in [-0.05, 0) is 84.6 Å². The summed E-state index contributed by atoms with van der Waals surface area (Å²) in [6, 6.07) is 18.4. The Morgan fingerprint density at radius 2 is 1.66 bits per heavy atom. The van der Waals surface area contributed by atoms with E-state index >= 15 is 0 Å². The smallest absolute Gasteiger partial charge is 0.415 e. The Hall–Kier alpha value is -5.39. The number of aryl methyl sites for hydroxylation is 3. The summed E-state index contributed by atoms with van der Waals surface area (Å²) < 4.78 is 7.42. The van der Waals surface area contributed by atoms with Gasteiger partial charge in [0.25, 0.3) is 0 Å². The first-order valence-corrected chi connectivity index (χ1v) is 13.0. The van der Waals surface area contributed by atoms with Crippen LogP contribution in [0.4, 0.5) is 10.5 Å². The number of aromatic nitrogens is 7. The Balaban J connectivity index is 1.17. The van der Waals surface area contributed by atoms with Gasteiger partial charge in [0.1, 0.15) is 17.2 Å². The van der Waals surface area contributed by atoms with Crippen LogP contribution in [0.25, 0.3) is 33.9 Å². The zero-order valence-electron chi connectivity index (χ0n) is 22.7. The lowest BCUT2D eigenvalue weighted by Crippen LogP contribution is -2.30. The molecule has 2 heterocycles. The van der Waals surface area contributed by atoms with E-state index in [2.05, 4.69) is 36.0 Å². The van der Waals surface area contributed by atoms with E-state index in [1.54, 1.807) is 29.9 Å². The molecular formula is C29H27N9O3. The maximum absolute atomic E-state index is 12.9. The van der Waals surface area contributed by atoms with Crippen molar-refractivity contribution in [3.63, 3.8) is 0 Å². The standard InChI is InChI=1S/C29H27N9O3/c1-30-20-8-6-17(7-9-20)28-34-31-25(32-35-28)16-37(2)29(40)41-22-11-13-23-19(15-22)5-4-18-14-21(39)10-12-24(18)27-26(23)33-36-38(27)3/h6-15,30,39H,4-5,16H2,1-3H3. The molecule has 5 aromatic rings. The van der Waals surface area contributed by atoms with Crippen molar-refractivity contribution in [1.29, 1.82) is 0 Å². The van der Waals surface area contributed by atoms with Crippen molar-refractivity contribution in [3.8, 4) is 45.4 Å². The first kappa shape index (κ1) is 25.9. The van der Waals surface area contributed by atoms with Gasteiger partial charge in [0, 0.05) is 43.5 Å². The van der Waals surface area contributed by atoms with Crippen molar-refractivity contribution in [1.82, 2.24) is 40.3 Å². The van der Waals surface area contributed by atoms with E-state index in [9.17, 15) is 9.90 Å². The van der Waals surface area contributed by atoms with Gasteiger partial charge in [-0.2, -0.15) is 0 Å². The molecule has 206 valence electrons. The highest BCUT2D eigenvalue weighted by atomic mass is 16.6. The second-order valence-electron chi connectivity index (χ2n) is 9.76. The van der Waals surface area contributed by atoms with Crippen molar-refractivity contribution in [3.05, 3.63) is 77.6 Å². The van der Waals surface area contributed by atoms with E-state index in [0.717, 1.165) is 44.9 Å². The predicted molar refractivity (Wildman–Crippen MR) is 151 cm³/mol. The minimum atomic E-state index is -0.568. The van der Waals surface area contributed by atoms with Gasteiger partial charge in [-0.1, -0.05) is 5.21 Å². The van der Waals surface area contributed by atoms with Gasteiger partial charge < -0.3 is 20.1 Å². The lowest BCUT2D eigenvalue weighted by Gasteiger charge is -2.19. The molecular weight excluding hydrogens is 522 g/mol. The molecule has 1 amide bonds. The molecule has 2 N–H and O–H groups in total. The van der Waals surface area contributed by atoms with Crippen LogP contribution in [0.5, 0.6) is 11.5 Å². The Bertz CT molecular complexity index is 1730. The molecule has 0 bridgehead atoms. The lowest BCUT2D eigenvalue weighted by atomic mass is 9.89. The minimum Gasteiger partial charge on any atom is -0.508 e. The van der Waals surface area contributed by atoms with Crippen LogP contribution in [-0.2, 0) is 26.4 Å². The van der Waals surface area contributed by atoms with E-state index < -0.39 is 6.09 Å². The second kappa shape index (κ2) is 10.6. The van der Waals surface area contributed by atoms with Crippen molar-refractivity contribution in [2.75, 3.05) is 19.4 Å². The summed E-state index contributed by atoms with van der Waals surface area (Å²) >= 11 is 0. The highest BCUT2D eigenvalue weighted by Gasteiger charge is 2.24. The zero-order chi connectivity index (χ0) is 28.5. The topological polar surface area (TPSA) is 144 Å². The number of nitrogens with one attached hydrogen (secondary N) is 1. The molecule has 2 aromatic heterocycles. The number of hydrogen-bond acceptors (Lipinski definition) is 10. The summed E-state index contributed by atoms with van der Waals surface area (Å²) in [6.45, 7) is 0.0754. The highest BCUT2D eigenvalue weighted by Crippen LogP contribution is 2.39. The average molecular weight is 550 g/mol. The first-order chi connectivity index (χ1) is 19.9. The van der Waals surface area contributed by atoms with Gasteiger partial charge >= 0.3 is 6.09 Å². The summed E-state index contributed by atoms with van der Waals surface area (Å²) in [5.41, 5.74) is 7.23. The average Bonchev–Trinajstić information content (AvgIpc) is 3.36. The highest BCUT2D eigenvalue weighted by molar-refractivity contribution is 5.83. The summed E-state index contributed by atoms with van der Waals surface area (Å²) in [5, 5.41) is 38.4. The van der Waals surface area contributed by atoms with Gasteiger partial charge in [0.05, 0.1) is 12.2 Å². The quantitative estimate of drug-likeness (QED) is 0.331. The van der Waals surface area contributed by atoms with E-state index in [4.69, 9.17) is 4.74 Å². The molecule has 41 heavy (non-hydrogen) atoms. The lowest BCUT2D eigenvalue weighted by molar-refractivity contribution is 0.159. The fourth-order valence-corrected chi connectivity index (χ4v) is 4.87. The van der Waals surface area contributed by atoms with E-state index in [1.165, 1.54) is 4.90 Å². The van der Waals surface area contributed by atoms with E-state index in [-0.39, 0.29) is 18.1 Å². The normalized spacial score (nSPS) is 11.9. The third kappa shape index (κ3) is 5.14. The van der Waals surface area contributed by atoms with Crippen molar-refractivity contribution in [2.24, 2.45) is 7.05 Å². The molecule has 0 unspecified atom stereocenters. The number of phenols is 1. The van der Waals surface area contributed by atoms with Crippen LogP contribution < -0.4 is 10.1 Å². The second-order valence-corrected chi connectivity index (χ2v) is 9.76. The number of phenolic OH excluding ortho intramolecular Hbond substituents is 1. The predicted octanol–water partition coefficient (Wildman–Crippen LogP) is 3.87. The Kier molecular flexibility index (Phi) is 6.71. The van der Waals surface area contributed by atoms with Gasteiger partial charge in [0.2, 0.25) is 5.82 Å². The number of fused-ring (bicyclic) bond motifs is 5. The van der Waals surface area contributed by atoms with Gasteiger partial charge in [0.15, 0.2) is 5.82 Å². The number of amides is 1. The molecule has 0 spiro atoms. The first-order valence-electron chi connectivity index (χ1n) is 13.0. The monoisotopic (exact) mass is 549 g/mol. The minimum absolute atomic E-state index is 0.0754. The Morgan fingerprint density at radius 3 is 2.39 bits per heavy atom. The number of ether oxygens (including phenoxy) is 1. The number of rotatable bonds is 5. The Labute approximate surface area is 235 Å². The van der Waals surface area contributed by atoms with Crippen LogP contribution >= 0.6 is 0 Å². The number of anilines is 1. The van der Waals surface area contributed by atoms with Crippen LogP contribution in [-0.4, -0.2) is 65.6 Å². The van der Waals surface area contributed by atoms with Crippen LogP contribution in [0.3, 0.4) is 0 Å². The third-order valence-corrected chi connectivity index (χ3v) is 7.01. The van der Waals surface area contributed by atoms with Crippen molar-refractivity contribution >= 4 is 11.8 Å². The molecule has 0 fully saturated rings. The SMILES string of the molecule is CNc1ccc(-c2nnc(CN(C)C(=O)Oc3ccc4c(c3)CCc3cc(O)ccc3-c3c-4nnn3C)nn2)cc1. The fraction of sp³-hybridized carbons (Fsp3) is 0.207. The number of hydrogen-bond donors (Lipinski definition) is 2. The van der Waals surface area contributed by atoms with Crippen LogP contribution in [0.1, 0.15) is 17.0 Å². The number of nitrogens with zero attached hydrogens (tertiary/aromatic N) is 8. The molecule has 0 radical (unpaired) electrons. The number of aromatic hydroxyl groups is 1. The zero-order valence-corrected chi connectivity index (χ0v) is 22.7. The summed E-state index contributed by atoms with van der Waals surface area (Å²) in [6.07, 6.45) is 0.783. The van der Waals surface area contributed by atoms with Gasteiger partial charge in [-0.25, -0.2) is 9.48 Å². The third-order valence-electron chi connectivity index (χ3n) is 7.01. The molecule has 12 nitrogen and oxygen atoms in total. The van der Waals surface area contributed by atoms with E-state index in [0.29, 0.717) is 24.4 Å². The Morgan fingerprint density at radius 1 is 0.951 bits per heavy atom. The molecule has 12 heteroatoms. The number of benzene rings is 3. The largest absolute Gasteiger partial charge is 0.508 e. The molecule has 0 aliphatic heterocycles. The van der Waals surface area contributed by atoms with Crippen molar-refractivity contribution < 1.29 is 14.6 Å². The molecule has 0 saturated heterocycles. The van der Waals surface area contributed by atoms with Gasteiger partial charge in [-0.3, -0.25) is 0 Å². The van der Waals surface area contributed by atoms with E-state index in [1.807, 2.05) is 56.6 Å². The molecule has 0 atom stereocenters. The maximum atomic E-state index is 12.9. The maximum Gasteiger partial charge on any atom is 0.415 e. The molecule has 1 aliphatic rings. The molecule has 0 saturated carbocycles. The van der Waals surface area contributed by atoms with Crippen LogP contribution in [0, 0.1) is 0 Å². The van der Waals surface area contributed by atoms with Crippen LogP contribution in [0.15, 0.2) is 60.7 Å². The molecule has 3 aromatic carbocycles. The van der Waals surface area contributed by atoms with Crippen molar-refractivity contribution in [2.45, 2.75) is 19.4 Å². The summed E-state index contributed by atoms with van der Waals surface area (Å²) in [5.74, 6) is 1.29. The molecule has 1 aliphatic carbocycles. The van der Waals surface area contributed by atoms with Gasteiger partial charge in [-0.15, -0.1) is 25.5 Å². The van der Waals surface area contributed by atoms with Crippen LogP contribution in [0.2, 0.25) is 0 Å².